The number of carbonyl (C=O) groups is 1. The minimum Gasteiger partial charge on any atom is -0.324 e. The molecule has 0 unspecified atom stereocenters. The summed E-state index contributed by atoms with van der Waals surface area (Å²) in [6.45, 7) is 6.26. The van der Waals surface area contributed by atoms with Gasteiger partial charge in [-0.05, 0) is 56.7 Å². The SMILES string of the molecule is Cc1ccccc1NC(=O)[C@H](C)N1CC[C@@H]2CCCC[C@H]2C1. The van der Waals surface area contributed by atoms with Crippen molar-refractivity contribution >= 4 is 11.6 Å². The van der Waals surface area contributed by atoms with Gasteiger partial charge in [0.1, 0.15) is 0 Å². The van der Waals surface area contributed by atoms with Gasteiger partial charge in [-0.2, -0.15) is 0 Å². The first-order valence-corrected chi connectivity index (χ1v) is 8.75. The second-order valence-electron chi connectivity index (χ2n) is 7.07. The number of piperidine rings is 1. The number of hydrogen-bond donors (Lipinski definition) is 1. The summed E-state index contributed by atoms with van der Waals surface area (Å²) in [5.41, 5.74) is 2.06. The van der Waals surface area contributed by atoms with Crippen LogP contribution in [0.4, 0.5) is 5.69 Å². The van der Waals surface area contributed by atoms with Gasteiger partial charge in [-0.3, -0.25) is 9.69 Å². The van der Waals surface area contributed by atoms with Crippen molar-refractivity contribution in [3.05, 3.63) is 29.8 Å². The number of nitrogens with one attached hydrogen (secondary N) is 1. The molecule has 0 radical (unpaired) electrons. The lowest BCUT2D eigenvalue weighted by atomic mass is 9.75. The fourth-order valence-corrected chi connectivity index (χ4v) is 4.10. The first-order chi connectivity index (χ1) is 10.6. The third-order valence-corrected chi connectivity index (χ3v) is 5.65. The molecule has 1 saturated heterocycles. The predicted octanol–water partition coefficient (Wildman–Crippen LogP) is 3.83. The maximum Gasteiger partial charge on any atom is 0.241 e. The molecule has 22 heavy (non-hydrogen) atoms. The van der Waals surface area contributed by atoms with Gasteiger partial charge < -0.3 is 5.32 Å². The lowest BCUT2D eigenvalue weighted by Gasteiger charge is -2.43. The Morgan fingerprint density at radius 1 is 1.18 bits per heavy atom. The van der Waals surface area contributed by atoms with E-state index in [9.17, 15) is 4.79 Å². The number of para-hydroxylation sites is 1. The van der Waals surface area contributed by atoms with Crippen molar-refractivity contribution in [2.24, 2.45) is 11.8 Å². The third kappa shape index (κ3) is 3.35. The molecule has 3 nitrogen and oxygen atoms in total. The summed E-state index contributed by atoms with van der Waals surface area (Å²) in [5, 5.41) is 3.10. The second-order valence-corrected chi connectivity index (χ2v) is 7.07. The highest BCUT2D eigenvalue weighted by molar-refractivity contribution is 5.95. The summed E-state index contributed by atoms with van der Waals surface area (Å²) in [6, 6.07) is 7.95. The standard InChI is InChI=1S/C19H28N2O/c1-14-7-3-6-10-18(14)20-19(22)15(2)21-12-11-16-8-4-5-9-17(16)13-21/h3,6-7,10,15-17H,4-5,8-9,11-13H2,1-2H3,(H,20,22)/t15-,16-,17-/m0/s1. The highest BCUT2D eigenvalue weighted by atomic mass is 16.2. The average molecular weight is 300 g/mol. The Morgan fingerprint density at radius 3 is 2.68 bits per heavy atom. The minimum atomic E-state index is -0.0394. The van der Waals surface area contributed by atoms with Crippen LogP contribution in [0.25, 0.3) is 0 Å². The van der Waals surface area contributed by atoms with Gasteiger partial charge in [0.2, 0.25) is 5.91 Å². The number of fused-ring (bicyclic) bond motifs is 1. The second kappa shape index (κ2) is 6.82. The van der Waals surface area contributed by atoms with E-state index in [-0.39, 0.29) is 11.9 Å². The molecule has 0 aromatic heterocycles. The van der Waals surface area contributed by atoms with Gasteiger partial charge in [0.05, 0.1) is 6.04 Å². The zero-order valence-electron chi connectivity index (χ0n) is 13.8. The van der Waals surface area contributed by atoms with Crippen molar-refractivity contribution in [1.29, 1.82) is 0 Å². The summed E-state index contributed by atoms with van der Waals surface area (Å²) in [6.07, 6.45) is 6.81. The smallest absolute Gasteiger partial charge is 0.241 e. The Bertz CT molecular complexity index is 528. The van der Waals surface area contributed by atoms with Crippen LogP contribution in [0.1, 0.15) is 44.6 Å². The number of rotatable bonds is 3. The number of benzene rings is 1. The zero-order valence-corrected chi connectivity index (χ0v) is 13.8. The Balaban J connectivity index is 1.60. The molecular formula is C19H28N2O. The first-order valence-electron chi connectivity index (χ1n) is 8.75. The van der Waals surface area contributed by atoms with E-state index in [1.54, 1.807) is 0 Å². The van der Waals surface area contributed by atoms with Crippen LogP contribution in [0.5, 0.6) is 0 Å². The normalized spacial score (nSPS) is 27.0. The summed E-state index contributed by atoms with van der Waals surface area (Å²) >= 11 is 0. The topological polar surface area (TPSA) is 32.3 Å². The fraction of sp³-hybridized carbons (Fsp3) is 0.632. The zero-order chi connectivity index (χ0) is 15.5. The van der Waals surface area contributed by atoms with Crippen molar-refractivity contribution in [3.8, 4) is 0 Å². The third-order valence-electron chi connectivity index (χ3n) is 5.65. The molecular weight excluding hydrogens is 272 g/mol. The maximum absolute atomic E-state index is 12.6. The molecule has 3 rings (SSSR count). The molecule has 2 fully saturated rings. The first kappa shape index (κ1) is 15.5. The number of hydrogen-bond acceptors (Lipinski definition) is 2. The molecule has 1 saturated carbocycles. The number of likely N-dealkylation sites (tertiary alicyclic amines) is 1. The van der Waals surface area contributed by atoms with Gasteiger partial charge in [-0.25, -0.2) is 0 Å². The quantitative estimate of drug-likeness (QED) is 0.920. The molecule has 3 atom stereocenters. The van der Waals surface area contributed by atoms with E-state index in [1.165, 1.54) is 32.1 Å². The Hall–Kier alpha value is -1.35. The van der Waals surface area contributed by atoms with Gasteiger partial charge in [0, 0.05) is 12.2 Å². The van der Waals surface area contributed by atoms with Crippen LogP contribution < -0.4 is 5.32 Å². The van der Waals surface area contributed by atoms with Crippen molar-refractivity contribution < 1.29 is 4.79 Å². The van der Waals surface area contributed by atoms with Crippen molar-refractivity contribution in [1.82, 2.24) is 4.90 Å². The number of amides is 1. The molecule has 1 aromatic rings. The van der Waals surface area contributed by atoms with Gasteiger partial charge >= 0.3 is 0 Å². The largest absolute Gasteiger partial charge is 0.324 e. The van der Waals surface area contributed by atoms with Crippen molar-refractivity contribution in [2.45, 2.75) is 52.0 Å². The number of anilines is 1. The van der Waals surface area contributed by atoms with Crippen LogP contribution in [-0.4, -0.2) is 29.9 Å². The van der Waals surface area contributed by atoms with Gasteiger partial charge in [-0.1, -0.05) is 37.5 Å². The van der Waals surface area contributed by atoms with Gasteiger partial charge in [-0.15, -0.1) is 0 Å². The number of aryl methyl sites for hydroxylation is 1. The fourth-order valence-electron chi connectivity index (χ4n) is 4.10. The van der Waals surface area contributed by atoms with Gasteiger partial charge in [0.25, 0.3) is 0 Å². The molecule has 1 amide bonds. The Kier molecular flexibility index (Phi) is 4.82. The lowest BCUT2D eigenvalue weighted by molar-refractivity contribution is -0.122. The number of nitrogens with zero attached hydrogens (tertiary/aromatic N) is 1. The maximum atomic E-state index is 12.6. The molecule has 120 valence electrons. The summed E-state index contributed by atoms with van der Waals surface area (Å²) in [7, 11) is 0. The highest BCUT2D eigenvalue weighted by Crippen LogP contribution is 2.36. The molecule has 0 bridgehead atoms. The van der Waals surface area contributed by atoms with E-state index in [0.29, 0.717) is 0 Å². The summed E-state index contributed by atoms with van der Waals surface area (Å²) < 4.78 is 0. The lowest BCUT2D eigenvalue weighted by Crippen LogP contribution is -2.50. The monoisotopic (exact) mass is 300 g/mol. The van der Waals surface area contributed by atoms with Crippen molar-refractivity contribution in [3.63, 3.8) is 0 Å². The Labute approximate surface area is 134 Å². The molecule has 0 spiro atoms. The number of carbonyl (C=O) groups excluding carboxylic acids is 1. The minimum absolute atomic E-state index is 0.0394. The summed E-state index contributed by atoms with van der Waals surface area (Å²) in [4.78, 5) is 15.0. The molecule has 1 N–H and O–H groups in total. The van der Waals surface area contributed by atoms with Gasteiger partial charge in [0.15, 0.2) is 0 Å². The van der Waals surface area contributed by atoms with E-state index < -0.39 is 0 Å². The molecule has 1 heterocycles. The molecule has 3 heteroatoms. The molecule has 1 aliphatic heterocycles. The van der Waals surface area contributed by atoms with Crippen LogP contribution in [-0.2, 0) is 4.79 Å². The Morgan fingerprint density at radius 2 is 1.91 bits per heavy atom. The van der Waals surface area contributed by atoms with Crippen molar-refractivity contribution in [2.75, 3.05) is 18.4 Å². The molecule has 2 aliphatic rings. The van der Waals surface area contributed by atoms with Crippen LogP contribution >= 0.6 is 0 Å². The predicted molar refractivity (Wildman–Crippen MR) is 90.9 cm³/mol. The highest BCUT2D eigenvalue weighted by Gasteiger charge is 2.34. The van der Waals surface area contributed by atoms with Crippen LogP contribution in [0.15, 0.2) is 24.3 Å². The van der Waals surface area contributed by atoms with E-state index in [4.69, 9.17) is 0 Å². The van der Waals surface area contributed by atoms with Crippen LogP contribution in [0.2, 0.25) is 0 Å². The average Bonchev–Trinajstić information content (AvgIpc) is 2.55. The van der Waals surface area contributed by atoms with E-state index in [2.05, 4.69) is 17.1 Å². The van der Waals surface area contributed by atoms with E-state index >= 15 is 0 Å². The molecule has 1 aromatic carbocycles. The summed E-state index contributed by atoms with van der Waals surface area (Å²) in [5.74, 6) is 1.86. The van der Waals surface area contributed by atoms with Crippen LogP contribution in [0, 0.1) is 18.8 Å². The van der Waals surface area contributed by atoms with Crippen LogP contribution in [0.3, 0.4) is 0 Å². The van der Waals surface area contributed by atoms with E-state index in [0.717, 1.165) is 36.2 Å². The molecule has 1 aliphatic carbocycles. The van der Waals surface area contributed by atoms with E-state index in [1.807, 2.05) is 31.2 Å².